The van der Waals surface area contributed by atoms with E-state index in [0.717, 1.165) is 51.6 Å². The van der Waals surface area contributed by atoms with Crippen molar-refractivity contribution < 1.29 is 9.90 Å². The fourth-order valence-corrected chi connectivity index (χ4v) is 3.72. The van der Waals surface area contributed by atoms with Gasteiger partial charge in [0.2, 0.25) is 0 Å². The Bertz CT molecular complexity index is 486. The first-order chi connectivity index (χ1) is 9.74. The van der Waals surface area contributed by atoms with Gasteiger partial charge in [-0.1, -0.05) is 30.7 Å². The monoisotopic (exact) mass is 273 g/mol. The van der Waals surface area contributed by atoms with Gasteiger partial charge >= 0.3 is 5.97 Å². The first-order valence-corrected chi connectivity index (χ1v) is 7.77. The fraction of sp³-hybridized carbons (Fsp3) is 0.588. The van der Waals surface area contributed by atoms with Gasteiger partial charge in [0.25, 0.3) is 0 Å². The van der Waals surface area contributed by atoms with Gasteiger partial charge in [-0.15, -0.1) is 0 Å². The molecule has 1 heterocycles. The van der Waals surface area contributed by atoms with Crippen LogP contribution < -0.4 is 0 Å². The number of fused-ring (bicyclic) bond motifs is 1. The van der Waals surface area contributed by atoms with Crippen molar-refractivity contribution in [2.75, 3.05) is 6.54 Å². The molecule has 20 heavy (non-hydrogen) atoms. The molecule has 108 valence electrons. The van der Waals surface area contributed by atoms with E-state index in [9.17, 15) is 9.90 Å². The van der Waals surface area contributed by atoms with Crippen LogP contribution in [0.4, 0.5) is 0 Å². The molecule has 2 unspecified atom stereocenters. The zero-order chi connectivity index (χ0) is 13.9. The van der Waals surface area contributed by atoms with Gasteiger partial charge in [-0.25, -0.2) is 0 Å². The SMILES string of the molecule is O=C(O)C1CCCC(N2CCc3ccccc3C2)CC1. The molecule has 0 radical (unpaired) electrons. The minimum Gasteiger partial charge on any atom is -0.481 e. The molecule has 1 saturated carbocycles. The standard InChI is InChI=1S/C17H23NO2/c19-17(20)14-6-3-7-16(9-8-14)18-11-10-13-4-1-2-5-15(13)12-18/h1-2,4-5,14,16H,3,6-12H2,(H,19,20). The highest BCUT2D eigenvalue weighted by molar-refractivity contribution is 5.69. The van der Waals surface area contributed by atoms with Crippen LogP contribution in [0, 0.1) is 5.92 Å². The Hall–Kier alpha value is -1.35. The highest BCUT2D eigenvalue weighted by Crippen LogP contribution is 2.29. The van der Waals surface area contributed by atoms with Crippen LogP contribution in [-0.2, 0) is 17.8 Å². The van der Waals surface area contributed by atoms with Crippen LogP contribution >= 0.6 is 0 Å². The molecule has 2 aliphatic rings. The summed E-state index contributed by atoms with van der Waals surface area (Å²) in [6.07, 6.45) is 6.09. The quantitative estimate of drug-likeness (QED) is 0.842. The molecule has 1 N–H and O–H groups in total. The molecule has 0 saturated heterocycles. The minimum atomic E-state index is -0.602. The second-order valence-electron chi connectivity index (χ2n) is 6.19. The summed E-state index contributed by atoms with van der Waals surface area (Å²) in [5.41, 5.74) is 2.94. The van der Waals surface area contributed by atoms with Crippen molar-refractivity contribution in [3.05, 3.63) is 35.4 Å². The Morgan fingerprint density at radius 1 is 1.10 bits per heavy atom. The van der Waals surface area contributed by atoms with Gasteiger partial charge in [-0.2, -0.15) is 0 Å². The van der Waals surface area contributed by atoms with Crippen molar-refractivity contribution in [3.8, 4) is 0 Å². The van der Waals surface area contributed by atoms with Crippen LogP contribution in [0.25, 0.3) is 0 Å². The lowest BCUT2D eigenvalue weighted by molar-refractivity contribution is -0.142. The van der Waals surface area contributed by atoms with E-state index in [0.29, 0.717) is 6.04 Å². The van der Waals surface area contributed by atoms with Crippen molar-refractivity contribution in [1.82, 2.24) is 4.90 Å². The summed E-state index contributed by atoms with van der Waals surface area (Å²) in [7, 11) is 0. The first-order valence-electron chi connectivity index (χ1n) is 7.77. The summed E-state index contributed by atoms with van der Waals surface area (Å²) in [5, 5.41) is 9.18. The zero-order valence-corrected chi connectivity index (χ0v) is 11.9. The highest BCUT2D eigenvalue weighted by Gasteiger charge is 2.28. The second-order valence-corrected chi connectivity index (χ2v) is 6.19. The summed E-state index contributed by atoms with van der Waals surface area (Å²) in [6, 6.07) is 9.29. The lowest BCUT2D eigenvalue weighted by Crippen LogP contribution is -2.39. The van der Waals surface area contributed by atoms with Crippen LogP contribution in [0.3, 0.4) is 0 Å². The van der Waals surface area contributed by atoms with Gasteiger partial charge in [-0.05, 0) is 43.2 Å². The third-order valence-electron chi connectivity index (χ3n) is 4.96. The van der Waals surface area contributed by atoms with Crippen LogP contribution in [0.2, 0.25) is 0 Å². The van der Waals surface area contributed by atoms with E-state index >= 15 is 0 Å². The molecular formula is C17H23NO2. The molecule has 1 aliphatic carbocycles. The normalized spacial score (nSPS) is 27.6. The summed E-state index contributed by atoms with van der Waals surface area (Å²) < 4.78 is 0. The van der Waals surface area contributed by atoms with Gasteiger partial charge in [0.15, 0.2) is 0 Å². The Balaban J connectivity index is 1.65. The van der Waals surface area contributed by atoms with Gasteiger partial charge in [0.05, 0.1) is 5.92 Å². The molecule has 1 aliphatic heterocycles. The molecule has 3 nitrogen and oxygen atoms in total. The maximum atomic E-state index is 11.1. The Morgan fingerprint density at radius 3 is 2.70 bits per heavy atom. The average Bonchev–Trinajstić information content (AvgIpc) is 2.73. The van der Waals surface area contributed by atoms with Gasteiger partial charge in [0.1, 0.15) is 0 Å². The van der Waals surface area contributed by atoms with E-state index in [1.165, 1.54) is 11.1 Å². The number of benzene rings is 1. The van der Waals surface area contributed by atoms with Gasteiger partial charge < -0.3 is 5.11 Å². The van der Waals surface area contributed by atoms with Crippen LogP contribution in [-0.4, -0.2) is 28.6 Å². The van der Waals surface area contributed by atoms with Crippen molar-refractivity contribution in [3.63, 3.8) is 0 Å². The number of carboxylic acids is 1. The number of nitrogens with zero attached hydrogens (tertiary/aromatic N) is 1. The van der Waals surface area contributed by atoms with E-state index < -0.39 is 5.97 Å². The number of rotatable bonds is 2. The average molecular weight is 273 g/mol. The Kier molecular flexibility index (Phi) is 4.06. The van der Waals surface area contributed by atoms with Gasteiger partial charge in [-0.3, -0.25) is 9.69 Å². The summed E-state index contributed by atoms with van der Waals surface area (Å²) in [5.74, 6) is -0.716. The molecule has 0 amide bonds. The van der Waals surface area contributed by atoms with E-state index in [1.54, 1.807) is 0 Å². The third kappa shape index (κ3) is 2.88. The maximum absolute atomic E-state index is 11.1. The summed E-state index contributed by atoms with van der Waals surface area (Å²) >= 11 is 0. The fourth-order valence-electron chi connectivity index (χ4n) is 3.72. The largest absolute Gasteiger partial charge is 0.481 e. The van der Waals surface area contributed by atoms with Crippen molar-refractivity contribution in [2.45, 2.75) is 51.1 Å². The molecule has 0 aromatic heterocycles. The number of hydrogen-bond acceptors (Lipinski definition) is 2. The van der Waals surface area contributed by atoms with Crippen LogP contribution in [0.1, 0.15) is 43.2 Å². The smallest absolute Gasteiger partial charge is 0.306 e. The Labute approximate surface area is 120 Å². The van der Waals surface area contributed by atoms with Crippen LogP contribution in [0.15, 0.2) is 24.3 Å². The number of carbonyl (C=O) groups is 1. The predicted molar refractivity (Wildman–Crippen MR) is 78.6 cm³/mol. The molecule has 1 fully saturated rings. The molecule has 3 heteroatoms. The minimum absolute atomic E-state index is 0.114. The molecule has 1 aromatic rings. The molecule has 3 rings (SSSR count). The lowest BCUT2D eigenvalue weighted by atomic mass is 9.96. The van der Waals surface area contributed by atoms with E-state index in [2.05, 4.69) is 29.2 Å². The summed E-state index contributed by atoms with van der Waals surface area (Å²) in [6.45, 7) is 2.16. The summed E-state index contributed by atoms with van der Waals surface area (Å²) in [4.78, 5) is 13.7. The number of hydrogen-bond donors (Lipinski definition) is 1. The first kappa shape index (κ1) is 13.6. The van der Waals surface area contributed by atoms with Crippen LogP contribution in [0.5, 0.6) is 0 Å². The molecule has 1 aromatic carbocycles. The molecular weight excluding hydrogens is 250 g/mol. The van der Waals surface area contributed by atoms with E-state index in [4.69, 9.17) is 0 Å². The lowest BCUT2D eigenvalue weighted by Gasteiger charge is -2.35. The number of aliphatic carboxylic acids is 1. The zero-order valence-electron chi connectivity index (χ0n) is 11.9. The van der Waals surface area contributed by atoms with Gasteiger partial charge in [0, 0.05) is 19.1 Å². The van der Waals surface area contributed by atoms with Crippen molar-refractivity contribution in [2.24, 2.45) is 5.92 Å². The predicted octanol–water partition coefficient (Wildman–Crippen LogP) is 3.08. The second kappa shape index (κ2) is 5.96. The van der Waals surface area contributed by atoms with E-state index in [-0.39, 0.29) is 5.92 Å². The highest BCUT2D eigenvalue weighted by atomic mass is 16.4. The third-order valence-corrected chi connectivity index (χ3v) is 4.96. The number of carboxylic acid groups (broad SMARTS) is 1. The molecule has 0 spiro atoms. The van der Waals surface area contributed by atoms with Crippen molar-refractivity contribution >= 4 is 5.97 Å². The van der Waals surface area contributed by atoms with Crippen molar-refractivity contribution in [1.29, 1.82) is 0 Å². The Morgan fingerprint density at radius 2 is 1.90 bits per heavy atom. The maximum Gasteiger partial charge on any atom is 0.306 e. The molecule has 2 atom stereocenters. The van der Waals surface area contributed by atoms with E-state index in [1.807, 2.05) is 0 Å². The molecule has 0 bridgehead atoms. The topological polar surface area (TPSA) is 40.5 Å².